The minimum atomic E-state index is -0.508. The molecule has 1 aliphatic rings. The standard InChI is InChI=1S/C11H12Cl2N2O2/c1-6(7-2-3-7)14-11-9(12)4-8(15(16)17)5-10(11)13/h4-7,14H,2-3H2,1H3. The molecule has 4 nitrogen and oxygen atoms in total. The van der Waals surface area contributed by atoms with Crippen LogP contribution in [0.3, 0.4) is 0 Å². The van der Waals surface area contributed by atoms with Crippen molar-refractivity contribution in [1.29, 1.82) is 0 Å². The van der Waals surface area contributed by atoms with Gasteiger partial charge in [-0.3, -0.25) is 10.1 Å². The summed E-state index contributed by atoms with van der Waals surface area (Å²) in [5.41, 5.74) is 0.489. The first kappa shape index (κ1) is 12.5. The molecule has 17 heavy (non-hydrogen) atoms. The van der Waals surface area contributed by atoms with E-state index in [1.54, 1.807) is 0 Å². The summed E-state index contributed by atoms with van der Waals surface area (Å²) in [6, 6.07) is 2.91. The van der Waals surface area contributed by atoms with Gasteiger partial charge >= 0.3 is 0 Å². The van der Waals surface area contributed by atoms with Crippen LogP contribution in [0.25, 0.3) is 0 Å². The molecule has 92 valence electrons. The van der Waals surface area contributed by atoms with Crippen molar-refractivity contribution in [3.05, 3.63) is 32.3 Å². The summed E-state index contributed by atoms with van der Waals surface area (Å²) in [7, 11) is 0. The Kier molecular flexibility index (Phi) is 3.45. The maximum Gasteiger partial charge on any atom is 0.272 e. The molecule has 1 atom stereocenters. The van der Waals surface area contributed by atoms with E-state index in [4.69, 9.17) is 23.2 Å². The SMILES string of the molecule is CC(Nc1c(Cl)cc([N+](=O)[O-])cc1Cl)C1CC1. The molecule has 0 heterocycles. The molecule has 2 rings (SSSR count). The Balaban J connectivity index is 2.24. The Morgan fingerprint density at radius 1 is 1.41 bits per heavy atom. The third-order valence-electron chi connectivity index (χ3n) is 2.94. The van der Waals surface area contributed by atoms with Crippen LogP contribution < -0.4 is 5.32 Å². The molecule has 6 heteroatoms. The summed E-state index contributed by atoms with van der Waals surface area (Å²) in [6.07, 6.45) is 2.41. The lowest BCUT2D eigenvalue weighted by Crippen LogP contribution is -2.17. The number of anilines is 1. The smallest absolute Gasteiger partial charge is 0.272 e. The molecule has 0 aliphatic heterocycles. The Hall–Kier alpha value is -1.00. The van der Waals surface area contributed by atoms with Gasteiger partial charge in [0.1, 0.15) is 0 Å². The van der Waals surface area contributed by atoms with Gasteiger partial charge in [-0.15, -0.1) is 0 Å². The first-order valence-corrected chi connectivity index (χ1v) is 6.14. The molecular formula is C11H12Cl2N2O2. The van der Waals surface area contributed by atoms with Gasteiger partial charge in [0, 0.05) is 18.2 Å². The Labute approximate surface area is 109 Å². The van der Waals surface area contributed by atoms with Gasteiger partial charge in [-0.25, -0.2) is 0 Å². The van der Waals surface area contributed by atoms with Gasteiger partial charge < -0.3 is 5.32 Å². The molecule has 0 radical (unpaired) electrons. The lowest BCUT2D eigenvalue weighted by atomic mass is 10.2. The van der Waals surface area contributed by atoms with Crippen molar-refractivity contribution in [1.82, 2.24) is 0 Å². The van der Waals surface area contributed by atoms with Crippen molar-refractivity contribution in [3.8, 4) is 0 Å². The average Bonchev–Trinajstić information content (AvgIpc) is 3.06. The predicted molar refractivity (Wildman–Crippen MR) is 68.9 cm³/mol. The third-order valence-corrected chi connectivity index (χ3v) is 3.53. The summed E-state index contributed by atoms with van der Waals surface area (Å²) < 4.78 is 0. The van der Waals surface area contributed by atoms with E-state index in [1.807, 2.05) is 0 Å². The fourth-order valence-corrected chi connectivity index (χ4v) is 2.33. The molecule has 1 fully saturated rings. The van der Waals surface area contributed by atoms with Crippen molar-refractivity contribution >= 4 is 34.6 Å². The molecule has 1 N–H and O–H groups in total. The van der Waals surface area contributed by atoms with Crippen LogP contribution in [0.4, 0.5) is 11.4 Å². The number of benzene rings is 1. The summed E-state index contributed by atoms with van der Waals surface area (Å²) in [5, 5.41) is 14.4. The third kappa shape index (κ3) is 2.82. The van der Waals surface area contributed by atoms with Crippen molar-refractivity contribution in [3.63, 3.8) is 0 Å². The summed E-state index contributed by atoms with van der Waals surface area (Å²) in [6.45, 7) is 2.06. The number of hydrogen-bond donors (Lipinski definition) is 1. The van der Waals surface area contributed by atoms with E-state index >= 15 is 0 Å². The van der Waals surface area contributed by atoms with E-state index < -0.39 is 4.92 Å². The Morgan fingerprint density at radius 2 is 1.94 bits per heavy atom. The Morgan fingerprint density at radius 3 is 2.35 bits per heavy atom. The summed E-state index contributed by atoms with van der Waals surface area (Å²) >= 11 is 12.0. The molecule has 0 spiro atoms. The number of nitrogens with zero attached hydrogens (tertiary/aromatic N) is 1. The molecule has 1 aromatic rings. The van der Waals surface area contributed by atoms with Gasteiger partial charge in [0.15, 0.2) is 0 Å². The van der Waals surface area contributed by atoms with E-state index in [0.29, 0.717) is 11.6 Å². The Bertz CT molecular complexity index is 438. The highest BCUT2D eigenvalue weighted by Crippen LogP contribution is 2.39. The number of non-ortho nitro benzene ring substituents is 1. The number of nitrogens with one attached hydrogen (secondary N) is 1. The van der Waals surface area contributed by atoms with Crippen molar-refractivity contribution < 1.29 is 4.92 Å². The highest BCUT2D eigenvalue weighted by molar-refractivity contribution is 6.39. The number of halogens is 2. The first-order valence-electron chi connectivity index (χ1n) is 5.39. The van der Waals surface area contributed by atoms with Crippen LogP contribution >= 0.6 is 23.2 Å². The first-order chi connectivity index (χ1) is 7.99. The number of nitro groups is 1. The molecule has 0 amide bonds. The predicted octanol–water partition coefficient (Wildman–Crippen LogP) is 4.11. The van der Waals surface area contributed by atoms with E-state index in [0.717, 1.165) is 0 Å². The van der Waals surface area contributed by atoms with Gasteiger partial charge in [-0.1, -0.05) is 23.2 Å². The molecule has 1 saturated carbocycles. The van der Waals surface area contributed by atoms with Crippen molar-refractivity contribution in [2.45, 2.75) is 25.8 Å². The van der Waals surface area contributed by atoms with Crippen LogP contribution in [0, 0.1) is 16.0 Å². The summed E-state index contributed by atoms with van der Waals surface area (Å²) in [5.74, 6) is 0.650. The normalized spacial score (nSPS) is 16.6. The molecule has 1 aromatic carbocycles. The van der Waals surface area contributed by atoms with Gasteiger partial charge in [0.05, 0.1) is 20.7 Å². The minimum Gasteiger partial charge on any atom is -0.380 e. The zero-order valence-electron chi connectivity index (χ0n) is 9.24. The largest absolute Gasteiger partial charge is 0.380 e. The van der Waals surface area contributed by atoms with E-state index in [1.165, 1.54) is 25.0 Å². The minimum absolute atomic E-state index is 0.0929. The van der Waals surface area contributed by atoms with Gasteiger partial charge in [-0.2, -0.15) is 0 Å². The fraction of sp³-hybridized carbons (Fsp3) is 0.455. The lowest BCUT2D eigenvalue weighted by molar-refractivity contribution is -0.384. The average molecular weight is 275 g/mol. The molecule has 0 aromatic heterocycles. The second-order valence-electron chi connectivity index (χ2n) is 4.31. The summed E-state index contributed by atoms with van der Waals surface area (Å²) in [4.78, 5) is 10.1. The van der Waals surface area contributed by atoms with E-state index in [9.17, 15) is 10.1 Å². The molecule has 1 unspecified atom stereocenters. The molecule has 0 bridgehead atoms. The molecule has 0 saturated heterocycles. The van der Waals surface area contributed by atoms with Crippen molar-refractivity contribution in [2.75, 3.05) is 5.32 Å². The highest BCUT2D eigenvalue weighted by atomic mass is 35.5. The molecule has 1 aliphatic carbocycles. The van der Waals surface area contributed by atoms with Gasteiger partial charge in [0.2, 0.25) is 0 Å². The quantitative estimate of drug-likeness (QED) is 0.664. The van der Waals surface area contributed by atoms with Crippen LogP contribution in [0.15, 0.2) is 12.1 Å². The monoisotopic (exact) mass is 274 g/mol. The topological polar surface area (TPSA) is 55.2 Å². The van der Waals surface area contributed by atoms with Crippen LogP contribution in [0.5, 0.6) is 0 Å². The van der Waals surface area contributed by atoms with Crippen LogP contribution in [-0.4, -0.2) is 11.0 Å². The second kappa shape index (κ2) is 4.70. The van der Waals surface area contributed by atoms with E-state index in [2.05, 4.69) is 12.2 Å². The zero-order valence-corrected chi connectivity index (χ0v) is 10.8. The van der Waals surface area contributed by atoms with Crippen LogP contribution in [0.1, 0.15) is 19.8 Å². The number of hydrogen-bond acceptors (Lipinski definition) is 3. The van der Waals surface area contributed by atoms with E-state index in [-0.39, 0.29) is 21.8 Å². The maximum absolute atomic E-state index is 10.6. The van der Waals surface area contributed by atoms with Gasteiger partial charge in [-0.05, 0) is 25.7 Å². The van der Waals surface area contributed by atoms with Gasteiger partial charge in [0.25, 0.3) is 5.69 Å². The lowest BCUT2D eigenvalue weighted by Gasteiger charge is -2.16. The van der Waals surface area contributed by atoms with Crippen molar-refractivity contribution in [2.24, 2.45) is 5.92 Å². The van der Waals surface area contributed by atoms with Crippen LogP contribution in [-0.2, 0) is 0 Å². The highest BCUT2D eigenvalue weighted by Gasteiger charge is 2.29. The fourth-order valence-electron chi connectivity index (χ4n) is 1.74. The number of rotatable bonds is 4. The zero-order chi connectivity index (χ0) is 12.6. The second-order valence-corrected chi connectivity index (χ2v) is 5.13. The van der Waals surface area contributed by atoms with Crippen LogP contribution in [0.2, 0.25) is 10.0 Å². The molecular weight excluding hydrogens is 263 g/mol. The maximum atomic E-state index is 10.6. The number of nitro benzene ring substituents is 1.